The van der Waals surface area contributed by atoms with E-state index in [9.17, 15) is 18.0 Å². The number of ketones is 1. The Hall–Kier alpha value is -3.49. The number of nitrogens with zero attached hydrogens (tertiary/aromatic N) is 2. The zero-order chi connectivity index (χ0) is 23.4. The quantitative estimate of drug-likeness (QED) is 0.518. The molecular weight excluding hydrogens is 440 g/mol. The highest BCUT2D eigenvalue weighted by atomic mass is 32.2. The van der Waals surface area contributed by atoms with Gasteiger partial charge in [0.05, 0.1) is 4.90 Å². The van der Waals surface area contributed by atoms with E-state index in [1.165, 1.54) is 35.5 Å². The molecular formula is C25H24N2O5S. The maximum Gasteiger partial charge on any atom is 0.254 e. The van der Waals surface area contributed by atoms with Gasteiger partial charge in [-0.25, -0.2) is 8.42 Å². The summed E-state index contributed by atoms with van der Waals surface area (Å²) in [5.74, 6) is 0.945. The molecule has 0 atom stereocenters. The largest absolute Gasteiger partial charge is 0.457 e. The summed E-state index contributed by atoms with van der Waals surface area (Å²) in [4.78, 5) is 26.2. The monoisotopic (exact) mass is 464 g/mol. The van der Waals surface area contributed by atoms with Crippen molar-refractivity contribution in [1.82, 2.24) is 9.21 Å². The van der Waals surface area contributed by atoms with Crippen LogP contribution in [0.2, 0.25) is 0 Å². The van der Waals surface area contributed by atoms with Crippen LogP contribution in [0.15, 0.2) is 83.8 Å². The first-order chi connectivity index (χ1) is 15.8. The Kier molecular flexibility index (Phi) is 6.57. The molecule has 3 aromatic carbocycles. The lowest BCUT2D eigenvalue weighted by Crippen LogP contribution is -2.50. The zero-order valence-corrected chi connectivity index (χ0v) is 19.0. The molecule has 0 bridgehead atoms. The zero-order valence-electron chi connectivity index (χ0n) is 18.2. The molecule has 0 saturated carbocycles. The van der Waals surface area contributed by atoms with E-state index in [-0.39, 0.29) is 42.8 Å². The fraction of sp³-hybridized carbons (Fsp3) is 0.200. The highest BCUT2D eigenvalue weighted by Crippen LogP contribution is 2.23. The fourth-order valence-electron chi connectivity index (χ4n) is 3.64. The van der Waals surface area contributed by atoms with Gasteiger partial charge < -0.3 is 9.64 Å². The van der Waals surface area contributed by atoms with Crippen molar-refractivity contribution in [3.63, 3.8) is 0 Å². The van der Waals surface area contributed by atoms with Crippen LogP contribution >= 0.6 is 0 Å². The molecule has 7 nitrogen and oxygen atoms in total. The van der Waals surface area contributed by atoms with Crippen molar-refractivity contribution in [3.05, 3.63) is 90.0 Å². The van der Waals surface area contributed by atoms with Crippen LogP contribution in [0.1, 0.15) is 27.6 Å². The first-order valence-electron chi connectivity index (χ1n) is 10.6. The lowest BCUT2D eigenvalue weighted by molar-refractivity contribution is 0.0697. The normalized spacial score (nSPS) is 14.6. The lowest BCUT2D eigenvalue weighted by Gasteiger charge is -2.34. The van der Waals surface area contributed by atoms with Gasteiger partial charge in [-0.1, -0.05) is 36.4 Å². The summed E-state index contributed by atoms with van der Waals surface area (Å²) >= 11 is 0. The smallest absolute Gasteiger partial charge is 0.254 e. The predicted molar refractivity (Wildman–Crippen MR) is 124 cm³/mol. The number of amides is 1. The summed E-state index contributed by atoms with van der Waals surface area (Å²) < 4.78 is 33.1. The summed E-state index contributed by atoms with van der Waals surface area (Å²) in [6.45, 7) is 2.40. The number of carbonyl (C=O) groups excluding carboxylic acids is 2. The first kappa shape index (κ1) is 22.7. The Morgan fingerprint density at radius 3 is 2.03 bits per heavy atom. The summed E-state index contributed by atoms with van der Waals surface area (Å²) in [5.41, 5.74) is 0.947. The number of carbonyl (C=O) groups is 2. The van der Waals surface area contributed by atoms with Gasteiger partial charge >= 0.3 is 0 Å². The van der Waals surface area contributed by atoms with E-state index >= 15 is 0 Å². The molecule has 170 valence electrons. The second-order valence-electron chi connectivity index (χ2n) is 7.72. The van der Waals surface area contributed by atoms with Crippen molar-refractivity contribution < 1.29 is 22.7 Å². The van der Waals surface area contributed by atoms with Crippen LogP contribution in [0, 0.1) is 0 Å². The van der Waals surface area contributed by atoms with Gasteiger partial charge in [-0.3, -0.25) is 9.59 Å². The second kappa shape index (κ2) is 9.56. The van der Waals surface area contributed by atoms with Gasteiger partial charge in [0.25, 0.3) is 5.91 Å². The molecule has 1 aliphatic heterocycles. The Labute approximate surface area is 193 Å². The van der Waals surface area contributed by atoms with Gasteiger partial charge in [-0.15, -0.1) is 0 Å². The lowest BCUT2D eigenvalue weighted by atomic mass is 10.1. The maximum atomic E-state index is 13.0. The Bertz CT molecular complexity index is 1250. The molecule has 0 aliphatic carbocycles. The molecule has 8 heteroatoms. The van der Waals surface area contributed by atoms with Gasteiger partial charge in [0.15, 0.2) is 5.78 Å². The van der Waals surface area contributed by atoms with Crippen molar-refractivity contribution >= 4 is 21.7 Å². The minimum Gasteiger partial charge on any atom is -0.457 e. The minimum absolute atomic E-state index is 0.121. The van der Waals surface area contributed by atoms with E-state index in [1.54, 1.807) is 29.2 Å². The van der Waals surface area contributed by atoms with Gasteiger partial charge in [-0.05, 0) is 49.4 Å². The minimum atomic E-state index is -3.70. The standard InChI is InChI=1S/C25H24N2O5S/c1-19(28)20-10-12-24(13-11-20)33(30,31)27-16-14-26(15-17-27)25(29)21-6-5-9-23(18-21)32-22-7-3-2-4-8-22/h2-13,18H,14-17H2,1H3. The summed E-state index contributed by atoms with van der Waals surface area (Å²) in [6.07, 6.45) is 0. The molecule has 0 spiro atoms. The number of hydrogen-bond donors (Lipinski definition) is 0. The third kappa shape index (κ3) is 5.13. The molecule has 1 fully saturated rings. The first-order valence-corrected chi connectivity index (χ1v) is 12.0. The van der Waals surface area contributed by atoms with Crippen LogP contribution < -0.4 is 4.74 Å². The van der Waals surface area contributed by atoms with Crippen LogP contribution in [0.3, 0.4) is 0 Å². The predicted octanol–water partition coefficient (Wildman–Crippen LogP) is 3.83. The molecule has 1 aliphatic rings. The van der Waals surface area contributed by atoms with Crippen LogP contribution in [0.4, 0.5) is 0 Å². The topological polar surface area (TPSA) is 84.0 Å². The number of Topliss-reactive ketones (excluding diaryl/α,β-unsaturated/α-hetero) is 1. The van der Waals surface area contributed by atoms with E-state index in [1.807, 2.05) is 30.3 Å². The van der Waals surface area contributed by atoms with Gasteiger partial charge in [0.1, 0.15) is 11.5 Å². The third-order valence-electron chi connectivity index (χ3n) is 5.48. The number of ether oxygens (including phenoxy) is 1. The molecule has 1 amide bonds. The van der Waals surface area contributed by atoms with Crippen LogP contribution in [0.5, 0.6) is 11.5 Å². The number of rotatable bonds is 6. The molecule has 0 radical (unpaired) electrons. The van der Waals surface area contributed by atoms with E-state index in [2.05, 4.69) is 0 Å². The van der Waals surface area contributed by atoms with Crippen molar-refractivity contribution in [2.75, 3.05) is 26.2 Å². The fourth-order valence-corrected chi connectivity index (χ4v) is 5.06. The second-order valence-corrected chi connectivity index (χ2v) is 9.66. The maximum absolute atomic E-state index is 13.0. The van der Waals surface area contributed by atoms with Gasteiger partial charge in [0.2, 0.25) is 10.0 Å². The van der Waals surface area contributed by atoms with Gasteiger partial charge in [-0.2, -0.15) is 4.31 Å². The van der Waals surface area contributed by atoms with Crippen molar-refractivity contribution in [3.8, 4) is 11.5 Å². The van der Waals surface area contributed by atoms with Crippen LogP contribution in [0.25, 0.3) is 0 Å². The van der Waals surface area contributed by atoms with Crippen molar-refractivity contribution in [2.24, 2.45) is 0 Å². The molecule has 33 heavy (non-hydrogen) atoms. The van der Waals surface area contributed by atoms with E-state index in [0.717, 1.165) is 0 Å². The average Bonchev–Trinajstić information content (AvgIpc) is 2.84. The average molecular weight is 465 g/mol. The SMILES string of the molecule is CC(=O)c1ccc(S(=O)(=O)N2CCN(C(=O)c3cccc(Oc4ccccc4)c3)CC2)cc1. The van der Waals surface area contributed by atoms with Crippen molar-refractivity contribution in [1.29, 1.82) is 0 Å². The highest BCUT2D eigenvalue weighted by molar-refractivity contribution is 7.89. The number of benzene rings is 3. The molecule has 0 aromatic heterocycles. The van der Waals surface area contributed by atoms with Crippen LogP contribution in [-0.2, 0) is 10.0 Å². The Morgan fingerprint density at radius 1 is 0.758 bits per heavy atom. The number of sulfonamides is 1. The summed E-state index contributed by atoms with van der Waals surface area (Å²) in [6, 6.07) is 22.2. The molecule has 1 heterocycles. The summed E-state index contributed by atoms with van der Waals surface area (Å²) in [7, 11) is -3.70. The molecule has 0 unspecified atom stereocenters. The molecule has 4 rings (SSSR count). The van der Waals surface area contributed by atoms with Gasteiger partial charge in [0, 0.05) is 37.3 Å². The third-order valence-corrected chi connectivity index (χ3v) is 7.40. The van der Waals surface area contributed by atoms with E-state index in [0.29, 0.717) is 22.6 Å². The summed E-state index contributed by atoms with van der Waals surface area (Å²) in [5, 5.41) is 0. The highest BCUT2D eigenvalue weighted by Gasteiger charge is 2.30. The van der Waals surface area contributed by atoms with Crippen molar-refractivity contribution in [2.45, 2.75) is 11.8 Å². The molecule has 0 N–H and O–H groups in total. The molecule has 1 saturated heterocycles. The number of piperazine rings is 1. The van der Waals surface area contributed by atoms with E-state index < -0.39 is 10.0 Å². The van der Waals surface area contributed by atoms with E-state index in [4.69, 9.17) is 4.74 Å². The van der Waals surface area contributed by atoms with Crippen LogP contribution in [-0.4, -0.2) is 55.5 Å². The number of hydrogen-bond acceptors (Lipinski definition) is 5. The molecule has 3 aromatic rings. The number of para-hydroxylation sites is 1. The Morgan fingerprint density at radius 2 is 1.39 bits per heavy atom. The Balaban J connectivity index is 1.41.